The molecular formula is C20H18F2N2O2S2. The predicted octanol–water partition coefficient (Wildman–Crippen LogP) is 5.53. The van der Waals surface area contributed by atoms with E-state index in [4.69, 9.17) is 4.74 Å². The quantitative estimate of drug-likeness (QED) is 0.487. The van der Waals surface area contributed by atoms with Gasteiger partial charge >= 0.3 is 0 Å². The smallest absolute Gasteiger partial charge is 0.288 e. The first-order chi connectivity index (χ1) is 13.5. The molecule has 0 aliphatic carbocycles. The lowest BCUT2D eigenvalue weighted by molar-refractivity contribution is -0.115. The zero-order valence-electron chi connectivity index (χ0n) is 15.0. The second kappa shape index (κ2) is 9.66. The summed E-state index contributed by atoms with van der Waals surface area (Å²) in [7, 11) is 0. The molecule has 0 radical (unpaired) electrons. The molecule has 0 unspecified atom stereocenters. The number of alkyl halides is 2. The zero-order valence-corrected chi connectivity index (χ0v) is 16.7. The van der Waals surface area contributed by atoms with E-state index in [0.29, 0.717) is 34.6 Å². The van der Waals surface area contributed by atoms with Crippen LogP contribution in [0.3, 0.4) is 0 Å². The van der Waals surface area contributed by atoms with Crippen LogP contribution in [-0.4, -0.2) is 16.6 Å². The van der Waals surface area contributed by atoms with Crippen molar-refractivity contribution in [2.45, 2.75) is 30.6 Å². The van der Waals surface area contributed by atoms with Crippen molar-refractivity contribution in [3.8, 4) is 5.75 Å². The number of halogens is 2. The number of benzene rings is 2. The number of carbonyl (C=O) groups excluding carboxylic acids is 1. The lowest BCUT2D eigenvalue weighted by Crippen LogP contribution is -2.14. The van der Waals surface area contributed by atoms with Crippen LogP contribution < -0.4 is 10.1 Å². The number of aryl methyl sites for hydroxylation is 1. The van der Waals surface area contributed by atoms with Gasteiger partial charge in [-0.2, -0.15) is 8.78 Å². The van der Waals surface area contributed by atoms with E-state index >= 15 is 0 Å². The van der Waals surface area contributed by atoms with Crippen LogP contribution in [0.5, 0.6) is 5.75 Å². The fourth-order valence-electron chi connectivity index (χ4n) is 2.40. The van der Waals surface area contributed by atoms with Gasteiger partial charge in [0.05, 0.1) is 12.1 Å². The number of thiazole rings is 1. The lowest BCUT2D eigenvalue weighted by atomic mass is 10.2. The highest BCUT2D eigenvalue weighted by Crippen LogP contribution is 2.27. The monoisotopic (exact) mass is 420 g/mol. The summed E-state index contributed by atoms with van der Waals surface area (Å²) in [6.45, 7) is 2.35. The van der Waals surface area contributed by atoms with Crippen molar-refractivity contribution >= 4 is 34.7 Å². The van der Waals surface area contributed by atoms with E-state index in [9.17, 15) is 13.6 Å². The van der Waals surface area contributed by atoms with Gasteiger partial charge in [-0.25, -0.2) is 4.98 Å². The minimum atomic E-state index is -2.50. The van der Waals surface area contributed by atoms with Gasteiger partial charge in [0.2, 0.25) is 5.91 Å². The van der Waals surface area contributed by atoms with E-state index in [1.54, 1.807) is 18.2 Å². The molecule has 28 heavy (non-hydrogen) atoms. The van der Waals surface area contributed by atoms with Crippen molar-refractivity contribution < 1.29 is 18.3 Å². The molecule has 2 aromatic carbocycles. The molecule has 0 spiro atoms. The van der Waals surface area contributed by atoms with Gasteiger partial charge in [0.25, 0.3) is 5.76 Å². The van der Waals surface area contributed by atoms with E-state index in [0.717, 1.165) is 16.3 Å². The molecule has 1 amide bonds. The Morgan fingerprint density at radius 2 is 2.04 bits per heavy atom. The molecule has 0 aliphatic rings. The first-order valence-corrected chi connectivity index (χ1v) is 10.2. The Balaban J connectivity index is 1.51. The van der Waals surface area contributed by atoms with Gasteiger partial charge in [0.15, 0.2) is 0 Å². The van der Waals surface area contributed by atoms with E-state index in [1.807, 2.05) is 36.6 Å². The highest BCUT2D eigenvalue weighted by molar-refractivity contribution is 7.99. The van der Waals surface area contributed by atoms with E-state index in [1.165, 1.54) is 17.4 Å². The van der Waals surface area contributed by atoms with Crippen molar-refractivity contribution in [2.75, 3.05) is 5.32 Å². The zero-order chi connectivity index (χ0) is 19.9. The molecule has 0 atom stereocenters. The molecule has 0 saturated carbocycles. The summed E-state index contributed by atoms with van der Waals surface area (Å²) >= 11 is 1.87. The summed E-state index contributed by atoms with van der Waals surface area (Å²) in [6, 6.07) is 14.1. The molecule has 0 fully saturated rings. The summed E-state index contributed by atoms with van der Waals surface area (Å²) in [5.74, 6) is -1.99. The first-order valence-electron chi connectivity index (χ1n) is 8.45. The molecular weight excluding hydrogens is 402 g/mol. The third-order valence-electron chi connectivity index (χ3n) is 3.67. The van der Waals surface area contributed by atoms with E-state index in [-0.39, 0.29) is 12.3 Å². The Hall–Kier alpha value is -2.45. The van der Waals surface area contributed by atoms with Crippen molar-refractivity contribution in [1.82, 2.24) is 4.98 Å². The maximum atomic E-state index is 12.5. The molecule has 4 nitrogen and oxygen atoms in total. The maximum absolute atomic E-state index is 12.5. The number of hydrogen-bond donors (Lipinski definition) is 1. The molecule has 1 N–H and O–H groups in total. The van der Waals surface area contributed by atoms with Crippen LogP contribution >= 0.6 is 23.1 Å². The number of anilines is 1. The molecule has 146 valence electrons. The summed E-state index contributed by atoms with van der Waals surface area (Å²) in [5, 5.41) is 5.31. The van der Waals surface area contributed by atoms with Crippen molar-refractivity contribution in [1.29, 1.82) is 0 Å². The van der Waals surface area contributed by atoms with Crippen LogP contribution in [0.4, 0.5) is 14.5 Å². The van der Waals surface area contributed by atoms with Crippen molar-refractivity contribution in [2.24, 2.45) is 0 Å². The average molecular weight is 421 g/mol. The van der Waals surface area contributed by atoms with Gasteiger partial charge in [-0.1, -0.05) is 35.5 Å². The number of thioether (sulfide) groups is 1. The van der Waals surface area contributed by atoms with Crippen LogP contribution in [0.15, 0.2) is 58.8 Å². The topological polar surface area (TPSA) is 51.2 Å². The number of hydrogen-bond acceptors (Lipinski definition) is 5. The third-order valence-corrected chi connectivity index (χ3v) is 5.24. The largest absolute Gasteiger partial charge is 0.486 e. The molecule has 0 bridgehead atoms. The molecule has 8 heteroatoms. The number of ether oxygens (including phenoxy) is 1. The highest BCUT2D eigenvalue weighted by atomic mass is 32.2. The minimum absolute atomic E-state index is 0.104. The number of rotatable bonds is 8. The minimum Gasteiger partial charge on any atom is -0.486 e. The Kier molecular flexibility index (Phi) is 7.00. The van der Waals surface area contributed by atoms with Crippen LogP contribution in [0.25, 0.3) is 0 Å². The Morgan fingerprint density at radius 3 is 2.79 bits per heavy atom. The Morgan fingerprint density at radius 1 is 1.25 bits per heavy atom. The number of nitrogens with zero attached hydrogens (tertiary/aromatic N) is 1. The van der Waals surface area contributed by atoms with Gasteiger partial charge in [-0.05, 0) is 37.3 Å². The fraction of sp³-hybridized carbons (Fsp3) is 0.200. The lowest BCUT2D eigenvalue weighted by Gasteiger charge is -2.06. The van der Waals surface area contributed by atoms with Gasteiger partial charge < -0.3 is 10.1 Å². The molecule has 3 rings (SSSR count). The fourth-order valence-corrected chi connectivity index (χ4v) is 3.66. The Labute approximate surface area is 170 Å². The summed E-state index contributed by atoms with van der Waals surface area (Å²) in [6.07, 6.45) is 0.104. The van der Waals surface area contributed by atoms with Crippen molar-refractivity contribution in [3.05, 3.63) is 70.2 Å². The highest BCUT2D eigenvalue weighted by Gasteiger charge is 2.10. The summed E-state index contributed by atoms with van der Waals surface area (Å²) < 4.78 is 30.6. The van der Waals surface area contributed by atoms with Gasteiger partial charge in [-0.3, -0.25) is 4.79 Å². The SMILES string of the molecule is Cc1ccc(OCc2nc(CC(=O)Nc3cccc(SC(F)F)c3)cs2)cc1. The number of nitrogens with one attached hydrogen (secondary N) is 1. The predicted molar refractivity (Wildman–Crippen MR) is 108 cm³/mol. The van der Waals surface area contributed by atoms with Gasteiger partial charge in [-0.15, -0.1) is 11.3 Å². The second-order valence-electron chi connectivity index (χ2n) is 5.97. The van der Waals surface area contributed by atoms with Gasteiger partial charge in [0.1, 0.15) is 17.4 Å². The molecule has 3 aromatic rings. The van der Waals surface area contributed by atoms with Crippen molar-refractivity contribution in [3.63, 3.8) is 0 Å². The van der Waals surface area contributed by atoms with Crippen LogP contribution in [0.2, 0.25) is 0 Å². The molecule has 0 aliphatic heterocycles. The maximum Gasteiger partial charge on any atom is 0.288 e. The van der Waals surface area contributed by atoms with Crippen LogP contribution in [0.1, 0.15) is 16.3 Å². The molecule has 0 saturated heterocycles. The molecule has 1 aromatic heterocycles. The second-order valence-corrected chi connectivity index (χ2v) is 7.97. The third kappa shape index (κ3) is 6.31. The number of aromatic nitrogens is 1. The Bertz CT molecular complexity index is 930. The van der Waals surface area contributed by atoms with Crippen LogP contribution in [0, 0.1) is 6.92 Å². The molecule has 1 heterocycles. The number of amides is 1. The normalized spacial score (nSPS) is 10.9. The van der Waals surface area contributed by atoms with Crippen LogP contribution in [-0.2, 0) is 17.8 Å². The van der Waals surface area contributed by atoms with Gasteiger partial charge in [0, 0.05) is 16.0 Å². The standard InChI is InChI=1S/C20H18F2N2O2S2/c1-13-5-7-16(8-6-13)26-11-19-24-15(12-27-19)10-18(25)23-14-3-2-4-17(9-14)28-20(21)22/h2-9,12,20H,10-11H2,1H3,(H,23,25). The average Bonchev–Trinajstić information content (AvgIpc) is 3.08. The van der Waals surface area contributed by atoms with E-state index in [2.05, 4.69) is 10.3 Å². The number of carbonyl (C=O) groups is 1. The summed E-state index contributed by atoms with van der Waals surface area (Å²) in [4.78, 5) is 17.0. The summed E-state index contributed by atoms with van der Waals surface area (Å²) in [5.41, 5.74) is 2.28. The first kappa shape index (κ1) is 20.3. The van der Waals surface area contributed by atoms with E-state index < -0.39 is 5.76 Å².